The molecule has 3 aromatic heterocycles. The smallest absolute Gasteiger partial charge is 0.657 e. The molecule has 0 atom stereocenters. The molecule has 2 aliphatic heterocycles. The third kappa shape index (κ3) is 8.53. The van der Waals surface area contributed by atoms with Crippen molar-refractivity contribution in [1.82, 2.24) is 19.9 Å². The first kappa shape index (κ1) is 42.1. The third-order valence-corrected chi connectivity index (χ3v) is 10.6. The molecule has 0 saturated carbocycles. The van der Waals surface area contributed by atoms with Crippen molar-refractivity contribution in [2.24, 2.45) is 0 Å². The molecule has 290 valence electrons. The van der Waals surface area contributed by atoms with Gasteiger partial charge in [-0.3, -0.25) is 0 Å². The fraction of sp³-hybridized carbons (Fsp3) is 0.347. The normalized spacial score (nSPS) is 13.6. The molecule has 8 heteroatoms. The molecule has 0 spiro atoms. The van der Waals surface area contributed by atoms with Crippen LogP contribution >= 0.6 is 0 Å². The number of hydrogen-bond acceptors (Lipinski definition) is 2. The van der Waals surface area contributed by atoms with Gasteiger partial charge in [-0.25, -0.2) is 9.97 Å². The Bertz CT molecular complexity index is 2470. The Kier molecular flexibility index (Phi) is 10.6. The van der Waals surface area contributed by atoms with Gasteiger partial charge in [-0.15, -0.1) is 22.1 Å². The topological polar surface area (TPSA) is 54.0 Å². The predicted octanol–water partition coefficient (Wildman–Crippen LogP) is 13.5. The van der Waals surface area contributed by atoms with Gasteiger partial charge < -0.3 is 9.97 Å². The summed E-state index contributed by atoms with van der Waals surface area (Å²) in [6.07, 6.45) is 2.23. The molecule has 0 unspecified atom stereocenters. The molecule has 57 heavy (non-hydrogen) atoms. The van der Waals surface area contributed by atoms with Gasteiger partial charge in [0.2, 0.25) is 0 Å². The minimum absolute atomic E-state index is 0. The Hall–Kier alpha value is -4.55. The van der Waals surface area contributed by atoms with E-state index in [4.69, 9.17) is 19.9 Å². The second-order valence-corrected chi connectivity index (χ2v) is 19.3. The maximum Gasteiger partial charge on any atom is 2.00 e. The van der Waals surface area contributed by atoms with Gasteiger partial charge in [-0.2, -0.15) is 13.2 Å². The van der Waals surface area contributed by atoms with E-state index in [1.54, 1.807) is 12.1 Å². The van der Waals surface area contributed by atoms with Crippen molar-refractivity contribution < 1.29 is 32.6 Å². The Morgan fingerprint density at radius 3 is 1.32 bits per heavy atom. The third-order valence-electron chi connectivity index (χ3n) is 10.6. The summed E-state index contributed by atoms with van der Waals surface area (Å²) >= 11 is 0. The van der Waals surface area contributed by atoms with Crippen molar-refractivity contribution >= 4 is 46.4 Å². The van der Waals surface area contributed by atoms with Crippen LogP contribution in [0.1, 0.15) is 134 Å². The van der Waals surface area contributed by atoms with Crippen LogP contribution in [0.15, 0.2) is 66.7 Å². The minimum atomic E-state index is -4.74. The number of nitrogens with zero attached hydrogens (tertiary/aromatic N) is 4. The van der Waals surface area contributed by atoms with Crippen LogP contribution in [0.3, 0.4) is 0 Å². The van der Waals surface area contributed by atoms with Crippen LogP contribution in [-0.4, -0.2) is 9.97 Å². The van der Waals surface area contributed by atoms with Crippen molar-refractivity contribution in [3.05, 3.63) is 117 Å². The zero-order valence-corrected chi connectivity index (χ0v) is 38.3. The molecular formula is C49H51F3N4Zn. The summed E-state index contributed by atoms with van der Waals surface area (Å²) in [7, 11) is 0. The van der Waals surface area contributed by atoms with E-state index in [0.717, 1.165) is 33.4 Å². The summed E-state index contributed by atoms with van der Waals surface area (Å²) in [5, 5.41) is 0. The van der Waals surface area contributed by atoms with Crippen molar-refractivity contribution in [2.75, 3.05) is 0 Å². The number of rotatable bonds is 2. The number of alkyl halides is 3. The number of benzene rings is 2. The SMILES string of the molecule is CC(C)(C)c1cc(-c2c3nc(c(C(F)(F)F)c4ccc([n-]4)c(-c4cc(C(C)(C)C)cc(C(C)(C)C)c4)c4nc(cc5ccc2[n-]5)C=C4)C=C3)cc(C(C)(C)C)c1.[Zn+2]. The maximum atomic E-state index is 15.3. The van der Waals surface area contributed by atoms with E-state index in [0.29, 0.717) is 44.8 Å². The molecule has 2 aliphatic rings. The first-order chi connectivity index (χ1) is 25.9. The fourth-order valence-corrected chi connectivity index (χ4v) is 7.18. The van der Waals surface area contributed by atoms with Gasteiger partial charge in [-0.05, 0) is 90.5 Å². The van der Waals surface area contributed by atoms with E-state index >= 15 is 13.2 Å². The fourth-order valence-electron chi connectivity index (χ4n) is 7.18. The molecule has 0 saturated heterocycles. The second kappa shape index (κ2) is 14.4. The van der Waals surface area contributed by atoms with Gasteiger partial charge in [0.05, 0.1) is 28.3 Å². The average Bonchev–Trinajstić information content (AvgIpc) is 3.89. The van der Waals surface area contributed by atoms with Gasteiger partial charge in [0.1, 0.15) is 0 Å². The monoisotopic (exact) mass is 816 g/mol. The summed E-state index contributed by atoms with van der Waals surface area (Å²) in [5.41, 5.74) is 8.90. The van der Waals surface area contributed by atoms with Gasteiger partial charge in [0.25, 0.3) is 0 Å². The van der Waals surface area contributed by atoms with E-state index in [1.807, 2.05) is 30.4 Å². The zero-order chi connectivity index (χ0) is 40.7. The summed E-state index contributed by atoms with van der Waals surface area (Å²) in [6.45, 7) is 25.9. The largest absolute Gasteiger partial charge is 2.00 e. The maximum absolute atomic E-state index is 15.3. The molecule has 8 bridgehead atoms. The van der Waals surface area contributed by atoms with Gasteiger partial charge in [0, 0.05) is 0 Å². The molecule has 5 aromatic rings. The standard InChI is InChI=1S/C49H51F3N4.Zn/c1-45(2,3)30-21-28(22-31(25-30)46(4,5)6)42-36-15-13-34(53-36)27-35-14-16-37(54-35)43(29-23-32(47(7,8)9)26-33(24-29)48(10,11)12)39-18-20-41(56-39)44(49(50,51)52)40-19-17-38(42)55-40;/h13-27H,1-12H3;/q-2;+2. The Labute approximate surface area is 348 Å². The average molecular weight is 818 g/mol. The molecule has 0 amide bonds. The van der Waals surface area contributed by atoms with Gasteiger partial charge in [-0.1, -0.05) is 150 Å². The number of halogens is 3. The molecular weight excluding hydrogens is 767 g/mol. The van der Waals surface area contributed by atoms with Crippen LogP contribution in [0.5, 0.6) is 0 Å². The quantitative estimate of drug-likeness (QED) is 0.163. The van der Waals surface area contributed by atoms with Gasteiger partial charge in [0.15, 0.2) is 0 Å². The van der Waals surface area contributed by atoms with E-state index in [2.05, 4.69) is 119 Å². The van der Waals surface area contributed by atoms with Crippen molar-refractivity contribution in [1.29, 1.82) is 0 Å². The van der Waals surface area contributed by atoms with Crippen LogP contribution in [0, 0.1) is 0 Å². The van der Waals surface area contributed by atoms with Crippen LogP contribution in [0.4, 0.5) is 13.2 Å². The number of aromatic nitrogens is 4. The van der Waals surface area contributed by atoms with Crippen molar-refractivity contribution in [3.63, 3.8) is 0 Å². The van der Waals surface area contributed by atoms with Crippen LogP contribution in [0.2, 0.25) is 0 Å². The van der Waals surface area contributed by atoms with E-state index < -0.39 is 11.7 Å². The zero-order valence-electron chi connectivity index (χ0n) is 35.3. The van der Waals surface area contributed by atoms with Crippen molar-refractivity contribution in [3.8, 4) is 22.3 Å². The molecule has 0 radical (unpaired) electrons. The van der Waals surface area contributed by atoms with Crippen LogP contribution < -0.4 is 9.97 Å². The molecule has 0 N–H and O–H groups in total. The van der Waals surface area contributed by atoms with E-state index in [1.165, 1.54) is 12.1 Å². The van der Waals surface area contributed by atoms with Crippen LogP contribution in [0.25, 0.3) is 68.6 Å². The molecule has 0 fully saturated rings. The molecule has 7 rings (SSSR count). The van der Waals surface area contributed by atoms with E-state index in [9.17, 15) is 0 Å². The van der Waals surface area contributed by atoms with Crippen molar-refractivity contribution in [2.45, 2.75) is 111 Å². The van der Waals surface area contributed by atoms with Crippen LogP contribution in [-0.2, 0) is 47.3 Å². The molecule has 2 aromatic carbocycles. The molecule has 0 aliphatic carbocycles. The Morgan fingerprint density at radius 1 is 0.439 bits per heavy atom. The predicted molar refractivity (Wildman–Crippen MR) is 227 cm³/mol. The Morgan fingerprint density at radius 2 is 0.842 bits per heavy atom. The van der Waals surface area contributed by atoms with Gasteiger partial charge >= 0.3 is 25.7 Å². The number of fused-ring (bicyclic) bond motifs is 8. The summed E-state index contributed by atoms with van der Waals surface area (Å²) in [5.74, 6) is 0. The summed E-state index contributed by atoms with van der Waals surface area (Å²) in [6, 6.07) is 21.8. The second-order valence-electron chi connectivity index (χ2n) is 19.3. The van der Waals surface area contributed by atoms with E-state index in [-0.39, 0.29) is 52.3 Å². The molecule has 4 nitrogen and oxygen atoms in total. The Balaban J connectivity index is 0.00000549. The summed E-state index contributed by atoms with van der Waals surface area (Å²) < 4.78 is 46.0. The summed E-state index contributed by atoms with van der Waals surface area (Å²) in [4.78, 5) is 19.6. The minimum Gasteiger partial charge on any atom is -0.657 e. The first-order valence-corrected chi connectivity index (χ1v) is 19.3. The first-order valence-electron chi connectivity index (χ1n) is 19.3. The molecule has 5 heterocycles. The number of hydrogen-bond donors (Lipinski definition) is 0.